The van der Waals surface area contributed by atoms with E-state index in [9.17, 15) is 0 Å². The summed E-state index contributed by atoms with van der Waals surface area (Å²) in [5, 5.41) is 2.49. The van der Waals surface area contributed by atoms with E-state index in [4.69, 9.17) is 0 Å². The normalized spacial score (nSPS) is 11.7. The molecule has 0 fully saturated rings. The van der Waals surface area contributed by atoms with Crippen LogP contribution in [0.1, 0.15) is 71.1 Å². The molecule has 1 aromatic rings. The van der Waals surface area contributed by atoms with E-state index in [-0.39, 0.29) is 0 Å². The molecule has 0 aliphatic rings. The first-order chi connectivity index (χ1) is 11.1. The Kier molecular flexibility index (Phi) is 10.0. The van der Waals surface area contributed by atoms with Gasteiger partial charge in [-0.15, -0.1) is 0 Å². The summed E-state index contributed by atoms with van der Waals surface area (Å²) in [7, 11) is 6.76. The number of hydrogen-bond acceptors (Lipinski definition) is 1. The van der Waals surface area contributed by atoms with E-state index in [1.54, 1.807) is 0 Å². The zero-order valence-electron chi connectivity index (χ0n) is 16.1. The number of quaternary nitrogens is 1. The summed E-state index contributed by atoms with van der Waals surface area (Å²) >= 11 is 0. The first-order valence-corrected chi connectivity index (χ1v) is 9.70. The predicted octanol–water partition coefficient (Wildman–Crippen LogP) is 6.04. The van der Waals surface area contributed by atoms with Crippen molar-refractivity contribution in [2.24, 2.45) is 0 Å². The van der Waals surface area contributed by atoms with Gasteiger partial charge in [-0.3, -0.25) is 0 Å². The van der Waals surface area contributed by atoms with E-state index < -0.39 is 0 Å². The zero-order chi connectivity index (χ0) is 17.0. The molecule has 2 heteroatoms. The molecule has 0 atom stereocenters. The molecule has 0 amide bonds. The number of unbranched alkanes of at least 4 members (excludes halogenated alkanes) is 9. The molecule has 1 rings (SSSR count). The fourth-order valence-electron chi connectivity index (χ4n) is 3.12. The first-order valence-electron chi connectivity index (χ1n) is 9.70. The van der Waals surface area contributed by atoms with Crippen LogP contribution in [0.3, 0.4) is 0 Å². The van der Waals surface area contributed by atoms with Crippen LogP contribution >= 0.6 is 0 Å². The van der Waals surface area contributed by atoms with E-state index in [2.05, 4.69) is 63.4 Å². The van der Waals surface area contributed by atoms with Crippen molar-refractivity contribution in [1.29, 1.82) is 0 Å². The van der Waals surface area contributed by atoms with Crippen LogP contribution in [0, 0.1) is 0 Å². The standard InChI is InChI=1S/C21H39N2/c1-5-6-7-8-9-10-11-12-13-17-20-22(23(2,3)4)21-18-15-14-16-19-21/h14-16,18-19H,5-13,17,20H2,1-4H3/q+1. The van der Waals surface area contributed by atoms with E-state index in [0.29, 0.717) is 0 Å². The Labute approximate surface area is 145 Å². The molecule has 132 valence electrons. The summed E-state index contributed by atoms with van der Waals surface area (Å²) in [6.07, 6.45) is 14.0. The van der Waals surface area contributed by atoms with Crippen molar-refractivity contribution in [2.45, 2.75) is 71.1 Å². The van der Waals surface area contributed by atoms with E-state index in [0.717, 1.165) is 11.1 Å². The highest BCUT2D eigenvalue weighted by Gasteiger charge is 2.20. The average Bonchev–Trinajstić information content (AvgIpc) is 2.52. The van der Waals surface area contributed by atoms with Crippen LogP contribution in [0.5, 0.6) is 0 Å². The highest BCUT2D eigenvalue weighted by atomic mass is 15.7. The Morgan fingerprint density at radius 1 is 0.696 bits per heavy atom. The highest BCUT2D eigenvalue weighted by Crippen LogP contribution is 2.19. The minimum absolute atomic E-state index is 0.863. The van der Waals surface area contributed by atoms with Gasteiger partial charge in [0.15, 0.2) is 0 Å². The minimum atomic E-state index is 0.863. The first kappa shape index (κ1) is 20.0. The smallest absolute Gasteiger partial charge is 0.0904 e. The number of rotatable bonds is 13. The monoisotopic (exact) mass is 319 g/mol. The third-order valence-electron chi connectivity index (χ3n) is 4.50. The lowest BCUT2D eigenvalue weighted by molar-refractivity contribution is -0.879. The van der Waals surface area contributed by atoms with Crippen LogP contribution in [0.15, 0.2) is 30.3 Å². The van der Waals surface area contributed by atoms with Gasteiger partial charge in [-0.1, -0.05) is 82.9 Å². The van der Waals surface area contributed by atoms with Gasteiger partial charge in [-0.25, -0.2) is 9.60 Å². The van der Waals surface area contributed by atoms with Gasteiger partial charge in [0.25, 0.3) is 0 Å². The molecule has 0 unspecified atom stereocenters. The van der Waals surface area contributed by atoms with Crippen LogP contribution in [-0.2, 0) is 0 Å². The molecule has 0 radical (unpaired) electrons. The van der Waals surface area contributed by atoms with Crippen LogP contribution < -0.4 is 5.01 Å². The van der Waals surface area contributed by atoms with Crippen molar-refractivity contribution in [3.8, 4) is 0 Å². The van der Waals surface area contributed by atoms with Gasteiger partial charge >= 0.3 is 0 Å². The molecule has 0 heterocycles. The number of nitrogens with zero attached hydrogens (tertiary/aromatic N) is 2. The Balaban J connectivity index is 2.17. The van der Waals surface area contributed by atoms with Crippen molar-refractivity contribution in [3.63, 3.8) is 0 Å². The number of benzene rings is 1. The van der Waals surface area contributed by atoms with Crippen molar-refractivity contribution < 1.29 is 4.59 Å². The molecule has 0 spiro atoms. The van der Waals surface area contributed by atoms with E-state index in [1.165, 1.54) is 69.9 Å². The van der Waals surface area contributed by atoms with Crippen LogP contribution in [-0.4, -0.2) is 32.3 Å². The van der Waals surface area contributed by atoms with Crippen LogP contribution in [0.25, 0.3) is 0 Å². The maximum atomic E-state index is 2.49. The van der Waals surface area contributed by atoms with Crippen molar-refractivity contribution in [3.05, 3.63) is 30.3 Å². The zero-order valence-corrected chi connectivity index (χ0v) is 16.1. The topological polar surface area (TPSA) is 3.24 Å². The summed E-state index contributed by atoms with van der Waals surface area (Å²) in [6.45, 7) is 3.43. The molecule has 0 bridgehead atoms. The molecule has 0 N–H and O–H groups in total. The molecular weight excluding hydrogens is 280 g/mol. The summed E-state index contributed by atoms with van der Waals surface area (Å²) in [6, 6.07) is 10.8. The van der Waals surface area contributed by atoms with E-state index >= 15 is 0 Å². The summed E-state index contributed by atoms with van der Waals surface area (Å²) in [4.78, 5) is 0. The maximum Gasteiger partial charge on any atom is 0.0904 e. The molecule has 0 aliphatic carbocycles. The molecule has 2 nitrogen and oxygen atoms in total. The highest BCUT2D eigenvalue weighted by molar-refractivity contribution is 5.43. The fraction of sp³-hybridized carbons (Fsp3) is 0.714. The maximum absolute atomic E-state index is 2.49. The molecule has 0 saturated heterocycles. The van der Waals surface area contributed by atoms with E-state index in [1.807, 2.05) is 0 Å². The van der Waals surface area contributed by atoms with Crippen molar-refractivity contribution >= 4 is 5.69 Å². The lowest BCUT2D eigenvalue weighted by Gasteiger charge is -2.38. The number of hydrogen-bond donors (Lipinski definition) is 0. The fourth-order valence-corrected chi connectivity index (χ4v) is 3.12. The quantitative estimate of drug-likeness (QED) is 0.243. The molecule has 0 aromatic heterocycles. The van der Waals surface area contributed by atoms with Gasteiger partial charge in [0.05, 0.1) is 33.4 Å². The molecule has 23 heavy (non-hydrogen) atoms. The van der Waals surface area contributed by atoms with Crippen molar-refractivity contribution in [1.82, 2.24) is 0 Å². The molecule has 1 aromatic carbocycles. The van der Waals surface area contributed by atoms with Gasteiger partial charge in [-0.05, 0) is 18.6 Å². The second kappa shape index (κ2) is 11.5. The third-order valence-corrected chi connectivity index (χ3v) is 4.50. The Bertz CT molecular complexity index is 381. The second-order valence-corrected chi connectivity index (χ2v) is 7.58. The third kappa shape index (κ3) is 9.00. The van der Waals surface area contributed by atoms with Gasteiger partial charge in [0, 0.05) is 0 Å². The van der Waals surface area contributed by atoms with Gasteiger partial charge in [0.2, 0.25) is 0 Å². The molecule has 0 aliphatic heterocycles. The summed E-state index contributed by atoms with van der Waals surface area (Å²) in [5.41, 5.74) is 1.33. The minimum Gasteiger partial charge on any atom is -0.228 e. The lowest BCUT2D eigenvalue weighted by atomic mass is 10.1. The van der Waals surface area contributed by atoms with Crippen molar-refractivity contribution in [2.75, 3.05) is 32.7 Å². The largest absolute Gasteiger partial charge is 0.228 e. The SMILES string of the molecule is CCCCCCCCCCCCN(c1ccccc1)[N+](C)(C)C. The Hall–Kier alpha value is -1.02. The van der Waals surface area contributed by atoms with Gasteiger partial charge in [0.1, 0.15) is 0 Å². The van der Waals surface area contributed by atoms with Crippen LogP contribution in [0.4, 0.5) is 5.69 Å². The second-order valence-electron chi connectivity index (χ2n) is 7.58. The van der Waals surface area contributed by atoms with Gasteiger partial charge in [-0.2, -0.15) is 0 Å². The molecular formula is C21H39N2+. The number of para-hydroxylation sites is 1. The average molecular weight is 320 g/mol. The Morgan fingerprint density at radius 2 is 1.17 bits per heavy atom. The molecule has 0 saturated carbocycles. The van der Waals surface area contributed by atoms with Gasteiger partial charge < -0.3 is 0 Å². The predicted molar refractivity (Wildman–Crippen MR) is 104 cm³/mol. The van der Waals surface area contributed by atoms with Crippen LogP contribution in [0.2, 0.25) is 0 Å². The summed E-state index contributed by atoms with van der Waals surface area (Å²) < 4.78 is 0.863. The Morgan fingerprint density at radius 3 is 1.65 bits per heavy atom. The lowest BCUT2D eigenvalue weighted by Crippen LogP contribution is -2.52. The number of anilines is 1. The summed E-state index contributed by atoms with van der Waals surface area (Å²) in [5.74, 6) is 0.